The molecule has 2 N–H and O–H groups in total. The first-order valence-corrected chi connectivity index (χ1v) is 10.4. The van der Waals surface area contributed by atoms with Gasteiger partial charge < -0.3 is 15.2 Å². The van der Waals surface area contributed by atoms with E-state index in [2.05, 4.69) is 15.0 Å². The van der Waals surface area contributed by atoms with Crippen molar-refractivity contribution in [3.05, 3.63) is 90.4 Å². The zero-order chi connectivity index (χ0) is 22.4. The monoisotopic (exact) mass is 439 g/mol. The largest absolute Gasteiger partial charge is 0.465 e. The maximum absolute atomic E-state index is 13.8. The van der Waals surface area contributed by atoms with Gasteiger partial charge in [-0.15, -0.1) is 0 Å². The van der Waals surface area contributed by atoms with Gasteiger partial charge in [-0.1, -0.05) is 6.07 Å². The van der Waals surface area contributed by atoms with Crippen LogP contribution in [0.1, 0.15) is 17.5 Å². The van der Waals surface area contributed by atoms with Gasteiger partial charge in [0.1, 0.15) is 17.1 Å². The van der Waals surface area contributed by atoms with E-state index in [-0.39, 0.29) is 6.02 Å². The van der Waals surface area contributed by atoms with Crippen molar-refractivity contribution in [1.82, 2.24) is 15.0 Å². The minimum Gasteiger partial charge on any atom is -0.465 e. The van der Waals surface area contributed by atoms with E-state index in [1.807, 2.05) is 36.4 Å². The highest BCUT2D eigenvalue weighted by molar-refractivity contribution is 5.76. The van der Waals surface area contributed by atoms with Gasteiger partial charge in [-0.05, 0) is 42.0 Å². The average Bonchev–Trinajstić information content (AvgIpc) is 2.85. The molecule has 0 saturated heterocycles. The molecule has 5 heterocycles. The minimum absolute atomic E-state index is 0.109. The third kappa shape index (κ3) is 3.18. The standard InChI is InChI=1S/C25H18FN5O2/c26-18-8-17(12-29-13-18)15-3-4-22-19(9-15)25(5-7-32-24(27)31-25)20-10-21(30-14-23(20)33-22)16-2-1-6-28-11-16/h1-4,6,8-14H,5,7H2,(H2,27,31)/t25-/m0/s1. The predicted molar refractivity (Wildman–Crippen MR) is 120 cm³/mol. The molecule has 162 valence electrons. The van der Waals surface area contributed by atoms with Gasteiger partial charge in [0.15, 0.2) is 5.75 Å². The van der Waals surface area contributed by atoms with Crippen molar-refractivity contribution in [2.24, 2.45) is 10.7 Å². The molecule has 1 atom stereocenters. The summed E-state index contributed by atoms with van der Waals surface area (Å²) >= 11 is 0. The summed E-state index contributed by atoms with van der Waals surface area (Å²) in [6.45, 7) is 0.393. The lowest BCUT2D eigenvalue weighted by Gasteiger charge is -2.39. The van der Waals surface area contributed by atoms with Gasteiger partial charge in [-0.25, -0.2) is 9.38 Å². The van der Waals surface area contributed by atoms with Crippen molar-refractivity contribution >= 4 is 6.02 Å². The molecular formula is C25H18FN5O2. The fraction of sp³-hybridized carbons (Fsp3) is 0.120. The summed E-state index contributed by atoms with van der Waals surface area (Å²) in [4.78, 5) is 17.6. The number of nitrogens with zero attached hydrogens (tertiary/aromatic N) is 4. The molecule has 0 aliphatic carbocycles. The van der Waals surface area contributed by atoms with E-state index in [9.17, 15) is 4.39 Å². The summed E-state index contributed by atoms with van der Waals surface area (Å²) in [5.74, 6) is 0.848. The van der Waals surface area contributed by atoms with Crippen LogP contribution >= 0.6 is 0 Å². The fourth-order valence-corrected chi connectivity index (χ4v) is 4.44. The van der Waals surface area contributed by atoms with Gasteiger partial charge in [0, 0.05) is 47.3 Å². The van der Waals surface area contributed by atoms with Crippen LogP contribution in [0, 0.1) is 5.82 Å². The number of hydrogen-bond acceptors (Lipinski definition) is 7. The van der Waals surface area contributed by atoms with E-state index in [1.165, 1.54) is 12.3 Å². The summed E-state index contributed by atoms with van der Waals surface area (Å²) in [6, 6.07) is 13.0. The van der Waals surface area contributed by atoms with Crippen LogP contribution in [0.25, 0.3) is 22.4 Å². The molecule has 0 unspecified atom stereocenters. The third-order valence-corrected chi connectivity index (χ3v) is 5.97. The number of aliphatic imine (C=N–C) groups is 1. The number of nitrogens with two attached hydrogens (primary N) is 1. The average molecular weight is 439 g/mol. The quantitative estimate of drug-likeness (QED) is 0.497. The summed E-state index contributed by atoms with van der Waals surface area (Å²) < 4.78 is 25.5. The molecule has 2 aliphatic rings. The van der Waals surface area contributed by atoms with Crippen molar-refractivity contribution in [1.29, 1.82) is 0 Å². The summed E-state index contributed by atoms with van der Waals surface area (Å²) in [5.41, 5.74) is 10.00. The van der Waals surface area contributed by atoms with E-state index in [0.29, 0.717) is 30.1 Å². The van der Waals surface area contributed by atoms with Gasteiger partial charge >= 0.3 is 0 Å². The highest BCUT2D eigenvalue weighted by Crippen LogP contribution is 2.53. The molecule has 1 spiro atoms. The summed E-state index contributed by atoms with van der Waals surface area (Å²) in [5, 5.41) is 0. The SMILES string of the molecule is NC1=N[C@@]2(CCO1)c1cc(-c3cncc(F)c3)ccc1Oc1cnc(-c3cccnc3)cc12. The number of ether oxygens (including phenoxy) is 2. The first-order chi connectivity index (χ1) is 16.1. The number of benzene rings is 1. The van der Waals surface area contributed by atoms with E-state index in [0.717, 1.165) is 27.9 Å². The fourth-order valence-electron chi connectivity index (χ4n) is 4.44. The normalized spacial score (nSPS) is 18.5. The molecule has 7 nitrogen and oxygen atoms in total. The van der Waals surface area contributed by atoms with Crippen LogP contribution in [0.3, 0.4) is 0 Å². The molecule has 0 amide bonds. The Kier molecular flexibility index (Phi) is 4.33. The van der Waals surface area contributed by atoms with Crippen molar-refractivity contribution in [3.63, 3.8) is 0 Å². The molecule has 2 aliphatic heterocycles. The number of amidine groups is 1. The molecule has 4 aromatic rings. The number of hydrogen-bond donors (Lipinski definition) is 1. The molecular weight excluding hydrogens is 421 g/mol. The number of halogens is 1. The maximum Gasteiger partial charge on any atom is 0.283 e. The topological polar surface area (TPSA) is 95.5 Å². The second kappa shape index (κ2) is 7.37. The minimum atomic E-state index is -0.831. The molecule has 0 saturated carbocycles. The molecule has 8 heteroatoms. The Balaban J connectivity index is 1.57. The van der Waals surface area contributed by atoms with E-state index < -0.39 is 11.4 Å². The van der Waals surface area contributed by atoms with Crippen LogP contribution in [0.5, 0.6) is 11.5 Å². The number of rotatable bonds is 2. The van der Waals surface area contributed by atoms with Gasteiger partial charge in [0.25, 0.3) is 6.02 Å². The molecule has 0 radical (unpaired) electrons. The van der Waals surface area contributed by atoms with Crippen molar-refractivity contribution in [2.45, 2.75) is 12.0 Å². The van der Waals surface area contributed by atoms with Crippen LogP contribution in [0.15, 0.2) is 78.4 Å². The van der Waals surface area contributed by atoms with Crippen molar-refractivity contribution < 1.29 is 13.9 Å². The van der Waals surface area contributed by atoms with Crippen molar-refractivity contribution in [3.8, 4) is 33.9 Å². The number of fused-ring (bicyclic) bond motifs is 4. The molecule has 3 aromatic heterocycles. The Morgan fingerprint density at radius 1 is 0.879 bits per heavy atom. The molecule has 0 fully saturated rings. The Hall–Kier alpha value is -4.33. The summed E-state index contributed by atoms with van der Waals surface area (Å²) in [7, 11) is 0. The van der Waals surface area contributed by atoms with Gasteiger partial charge in [0.05, 0.1) is 24.7 Å². The number of pyridine rings is 3. The third-order valence-electron chi connectivity index (χ3n) is 5.97. The number of aromatic nitrogens is 3. The zero-order valence-electron chi connectivity index (χ0n) is 17.4. The van der Waals surface area contributed by atoms with Crippen LogP contribution < -0.4 is 10.5 Å². The molecule has 6 rings (SSSR count). The van der Waals surface area contributed by atoms with Crippen molar-refractivity contribution in [2.75, 3.05) is 6.61 Å². The van der Waals surface area contributed by atoms with Gasteiger partial charge in [0.2, 0.25) is 0 Å². The second-order valence-electron chi connectivity index (χ2n) is 7.92. The molecule has 1 aromatic carbocycles. The second-order valence-corrected chi connectivity index (χ2v) is 7.92. The summed E-state index contributed by atoms with van der Waals surface area (Å²) in [6.07, 6.45) is 8.54. The van der Waals surface area contributed by atoms with E-state index >= 15 is 0 Å². The Labute approximate surface area is 188 Å². The Morgan fingerprint density at radius 2 is 1.76 bits per heavy atom. The lowest BCUT2D eigenvalue weighted by atomic mass is 9.77. The lowest BCUT2D eigenvalue weighted by molar-refractivity contribution is 0.219. The first-order valence-electron chi connectivity index (χ1n) is 10.4. The Bertz CT molecular complexity index is 1410. The highest BCUT2D eigenvalue weighted by atomic mass is 19.1. The molecule has 33 heavy (non-hydrogen) atoms. The Morgan fingerprint density at radius 3 is 2.58 bits per heavy atom. The van der Waals surface area contributed by atoms with Crippen LogP contribution in [0.4, 0.5) is 4.39 Å². The predicted octanol–water partition coefficient (Wildman–Crippen LogP) is 4.43. The van der Waals surface area contributed by atoms with Crippen LogP contribution in [0.2, 0.25) is 0 Å². The lowest BCUT2D eigenvalue weighted by Crippen LogP contribution is -2.38. The smallest absolute Gasteiger partial charge is 0.283 e. The van der Waals surface area contributed by atoms with Gasteiger partial charge in [-0.2, -0.15) is 0 Å². The van der Waals surface area contributed by atoms with Gasteiger partial charge in [-0.3, -0.25) is 15.0 Å². The van der Waals surface area contributed by atoms with E-state index in [4.69, 9.17) is 20.2 Å². The first kappa shape index (κ1) is 19.4. The van der Waals surface area contributed by atoms with Crippen LogP contribution in [-0.2, 0) is 10.3 Å². The van der Waals surface area contributed by atoms with Crippen LogP contribution in [-0.4, -0.2) is 27.6 Å². The highest BCUT2D eigenvalue weighted by Gasteiger charge is 2.45. The molecule has 0 bridgehead atoms. The van der Waals surface area contributed by atoms with E-state index in [1.54, 1.807) is 24.8 Å². The maximum atomic E-state index is 13.8. The zero-order valence-corrected chi connectivity index (χ0v) is 17.4.